The zero-order chi connectivity index (χ0) is 32.5. The topological polar surface area (TPSA) is 93.1 Å². The third kappa shape index (κ3) is 4.73. The fourth-order valence-corrected chi connectivity index (χ4v) is 8.16. The molecule has 6 heterocycles. The van der Waals surface area contributed by atoms with Gasteiger partial charge in [-0.15, -0.1) is 6.42 Å². The van der Waals surface area contributed by atoms with Crippen molar-refractivity contribution in [1.82, 2.24) is 19.9 Å². The van der Waals surface area contributed by atoms with E-state index in [2.05, 4.69) is 20.8 Å². The molecule has 2 aromatic heterocycles. The molecular weight excluding hydrogens is 611 g/mol. The van der Waals surface area contributed by atoms with Gasteiger partial charge >= 0.3 is 6.01 Å². The number of phenols is 1. The summed E-state index contributed by atoms with van der Waals surface area (Å²) >= 11 is 0. The summed E-state index contributed by atoms with van der Waals surface area (Å²) in [6, 6.07) is 5.35. The fraction of sp³-hybridized carbons (Fsp3) is 0.457. The molecule has 0 aliphatic carbocycles. The van der Waals surface area contributed by atoms with Crippen LogP contribution in [0, 0.1) is 24.0 Å². The smallest absolute Gasteiger partial charge is 0.319 e. The van der Waals surface area contributed by atoms with Crippen molar-refractivity contribution < 1.29 is 32.5 Å². The maximum absolute atomic E-state index is 17.1. The number of pyridine rings is 1. The van der Waals surface area contributed by atoms with Crippen LogP contribution in [-0.2, 0) is 4.74 Å². The summed E-state index contributed by atoms with van der Waals surface area (Å²) in [6.07, 6.45) is 8.91. The molecule has 3 fully saturated rings. The molecule has 0 amide bonds. The van der Waals surface area contributed by atoms with Gasteiger partial charge in [-0.25, -0.2) is 18.2 Å². The molecule has 12 heteroatoms. The minimum atomic E-state index is -0.940. The Kier molecular flexibility index (Phi) is 7.11. The van der Waals surface area contributed by atoms with Crippen LogP contribution < -0.4 is 14.4 Å². The number of terminal acetylenes is 1. The predicted octanol–water partition coefficient (Wildman–Crippen LogP) is 5.53. The van der Waals surface area contributed by atoms with Crippen molar-refractivity contribution in [1.29, 1.82) is 0 Å². The molecule has 0 saturated carbocycles. The van der Waals surface area contributed by atoms with Crippen molar-refractivity contribution in [2.75, 3.05) is 51.5 Å². The molecule has 2 aromatic carbocycles. The molecule has 244 valence electrons. The van der Waals surface area contributed by atoms with Crippen LogP contribution >= 0.6 is 0 Å². The highest BCUT2D eigenvalue weighted by atomic mass is 19.1. The minimum Gasteiger partial charge on any atom is -0.508 e. The summed E-state index contributed by atoms with van der Waals surface area (Å²) < 4.78 is 64.8. The Balaban J connectivity index is 1.34. The summed E-state index contributed by atoms with van der Waals surface area (Å²) in [5.41, 5.74) is -1.16. The number of nitrogens with zero attached hydrogens (tertiary/aromatic N) is 5. The number of hydrogen-bond donors (Lipinski definition) is 1. The van der Waals surface area contributed by atoms with E-state index in [0.29, 0.717) is 56.6 Å². The number of hydrogen-bond acceptors (Lipinski definition) is 9. The van der Waals surface area contributed by atoms with E-state index >= 15 is 4.39 Å². The lowest BCUT2D eigenvalue weighted by Crippen LogP contribution is -2.52. The second kappa shape index (κ2) is 11.1. The molecule has 47 heavy (non-hydrogen) atoms. The Morgan fingerprint density at radius 2 is 1.89 bits per heavy atom. The Bertz CT molecular complexity index is 1960. The van der Waals surface area contributed by atoms with E-state index in [1.807, 2.05) is 11.9 Å². The van der Waals surface area contributed by atoms with Gasteiger partial charge in [-0.05, 0) is 55.8 Å². The van der Waals surface area contributed by atoms with Gasteiger partial charge in [0.05, 0.1) is 17.7 Å². The van der Waals surface area contributed by atoms with Gasteiger partial charge in [-0.3, -0.25) is 4.90 Å². The summed E-state index contributed by atoms with van der Waals surface area (Å²) in [4.78, 5) is 18.2. The van der Waals surface area contributed by atoms with E-state index < -0.39 is 23.3 Å². The lowest BCUT2D eigenvalue weighted by Gasteiger charge is -2.46. The normalized spacial score (nSPS) is 23.8. The predicted molar refractivity (Wildman–Crippen MR) is 170 cm³/mol. The standard InChI is InChI=1S/C35H34F3N5O4/c1-3-23-25(37)6-5-20-15-22(44)16-24(26(20)23)29-28(38)30-27-31(42(2)34(8-12-45-13-9-34)10-14-46-32(27)39-29)41-33(40-30)47-19-35-7-4-11-43(35)18-21(36)17-35/h1,5-6,15-16,21,44H,4,7-14,17-19H2,2H3/t21-,35+/m1/s1. The average Bonchev–Trinajstić information content (AvgIpc) is 3.59. The first-order valence-electron chi connectivity index (χ1n) is 16.0. The third-order valence-electron chi connectivity index (χ3n) is 10.7. The van der Waals surface area contributed by atoms with E-state index in [1.165, 1.54) is 24.3 Å². The summed E-state index contributed by atoms with van der Waals surface area (Å²) in [5.74, 6) is 1.19. The molecule has 4 aromatic rings. The van der Waals surface area contributed by atoms with Crippen LogP contribution in [0.5, 0.6) is 17.6 Å². The lowest BCUT2D eigenvalue weighted by atomic mass is 9.84. The van der Waals surface area contributed by atoms with Crippen LogP contribution in [0.15, 0.2) is 24.3 Å². The molecule has 4 aliphatic rings. The Labute approximate surface area is 269 Å². The number of anilines is 1. The van der Waals surface area contributed by atoms with Crippen LogP contribution in [0.1, 0.15) is 44.1 Å². The first-order valence-corrected chi connectivity index (χ1v) is 16.0. The van der Waals surface area contributed by atoms with E-state index in [1.54, 1.807) is 0 Å². The average molecular weight is 646 g/mol. The van der Waals surface area contributed by atoms with Gasteiger partial charge in [-0.2, -0.15) is 9.97 Å². The van der Waals surface area contributed by atoms with Crippen molar-refractivity contribution in [3.05, 3.63) is 41.5 Å². The number of ether oxygens (including phenoxy) is 3. The number of aromatic nitrogens is 3. The molecular formula is C35H34F3N5O4. The maximum Gasteiger partial charge on any atom is 0.319 e. The number of phenolic OH excluding ortho intramolecular Hbond substituents is 1. The quantitative estimate of drug-likeness (QED) is 0.288. The van der Waals surface area contributed by atoms with Gasteiger partial charge in [0, 0.05) is 56.1 Å². The SMILES string of the molecule is C#Cc1c(F)ccc2cc(O)cc(-c3nc4c5c(nc(OC[C@@]67CCCN6C[C@H](F)C7)nc5c3F)N(C)C3(CCOCC3)CCO4)c12. The molecule has 3 saturated heterocycles. The number of alkyl halides is 1. The van der Waals surface area contributed by atoms with Crippen LogP contribution in [0.2, 0.25) is 0 Å². The molecule has 4 aliphatic heterocycles. The zero-order valence-corrected chi connectivity index (χ0v) is 26.0. The third-order valence-corrected chi connectivity index (χ3v) is 10.7. The first kappa shape index (κ1) is 30.0. The monoisotopic (exact) mass is 645 g/mol. The fourth-order valence-electron chi connectivity index (χ4n) is 8.16. The van der Waals surface area contributed by atoms with Crippen molar-refractivity contribution in [2.45, 2.75) is 55.8 Å². The molecule has 9 nitrogen and oxygen atoms in total. The van der Waals surface area contributed by atoms with Crippen LogP contribution in [0.25, 0.3) is 32.9 Å². The van der Waals surface area contributed by atoms with Crippen LogP contribution in [0.4, 0.5) is 19.0 Å². The molecule has 1 N–H and O–H groups in total. The van der Waals surface area contributed by atoms with Crippen molar-refractivity contribution >= 4 is 27.5 Å². The van der Waals surface area contributed by atoms with E-state index in [4.69, 9.17) is 25.6 Å². The summed E-state index contributed by atoms with van der Waals surface area (Å²) in [5, 5.41) is 11.5. The van der Waals surface area contributed by atoms with E-state index in [0.717, 1.165) is 19.4 Å². The second-order valence-electron chi connectivity index (χ2n) is 13.1. The molecule has 0 bridgehead atoms. The summed E-state index contributed by atoms with van der Waals surface area (Å²) in [7, 11) is 1.92. The van der Waals surface area contributed by atoms with E-state index in [9.17, 15) is 13.9 Å². The second-order valence-corrected chi connectivity index (χ2v) is 13.1. The zero-order valence-electron chi connectivity index (χ0n) is 26.0. The van der Waals surface area contributed by atoms with Gasteiger partial charge in [-0.1, -0.05) is 12.0 Å². The van der Waals surface area contributed by atoms with Crippen molar-refractivity contribution in [3.8, 4) is 41.2 Å². The van der Waals surface area contributed by atoms with Gasteiger partial charge < -0.3 is 24.2 Å². The molecule has 0 radical (unpaired) electrons. The Morgan fingerprint density at radius 3 is 2.70 bits per heavy atom. The number of halogens is 3. The summed E-state index contributed by atoms with van der Waals surface area (Å²) in [6.45, 7) is 2.71. The molecule has 8 rings (SSSR count). The highest BCUT2D eigenvalue weighted by Crippen LogP contribution is 2.46. The van der Waals surface area contributed by atoms with Gasteiger partial charge in [0.2, 0.25) is 5.88 Å². The Hall–Kier alpha value is -4.34. The molecule has 1 spiro atoms. The number of benzene rings is 2. The van der Waals surface area contributed by atoms with Crippen LogP contribution in [-0.4, -0.2) is 88.8 Å². The number of rotatable bonds is 4. The number of aromatic hydroxyl groups is 1. The first-order chi connectivity index (χ1) is 22.7. The Morgan fingerprint density at radius 1 is 1.09 bits per heavy atom. The van der Waals surface area contributed by atoms with Gasteiger partial charge in [0.1, 0.15) is 46.8 Å². The van der Waals surface area contributed by atoms with Gasteiger partial charge in [0.15, 0.2) is 5.82 Å². The molecule has 0 unspecified atom stereocenters. The van der Waals surface area contributed by atoms with Gasteiger partial charge in [0.25, 0.3) is 0 Å². The van der Waals surface area contributed by atoms with Crippen molar-refractivity contribution in [2.24, 2.45) is 0 Å². The van der Waals surface area contributed by atoms with E-state index in [-0.39, 0.29) is 69.5 Å². The largest absolute Gasteiger partial charge is 0.508 e. The van der Waals surface area contributed by atoms with Crippen LogP contribution in [0.3, 0.4) is 0 Å². The highest BCUT2D eigenvalue weighted by molar-refractivity contribution is 6.04. The maximum atomic E-state index is 17.1. The lowest BCUT2D eigenvalue weighted by molar-refractivity contribution is 0.0421. The molecule has 2 atom stereocenters. The minimum absolute atomic E-state index is 0.0520. The van der Waals surface area contributed by atoms with Crippen molar-refractivity contribution in [3.63, 3.8) is 0 Å². The highest BCUT2D eigenvalue weighted by Gasteiger charge is 2.49. The number of fused-ring (bicyclic) bond motifs is 2.